The van der Waals surface area contributed by atoms with E-state index >= 15 is 0 Å². The van der Waals surface area contributed by atoms with Crippen molar-refractivity contribution in [3.8, 4) is 0 Å². The van der Waals surface area contributed by atoms with E-state index in [1.165, 1.54) is 11.1 Å². The summed E-state index contributed by atoms with van der Waals surface area (Å²) >= 11 is 0. The van der Waals surface area contributed by atoms with Crippen LogP contribution in [0, 0.1) is 6.92 Å². The van der Waals surface area contributed by atoms with E-state index in [-0.39, 0.29) is 5.91 Å². The third kappa shape index (κ3) is 3.07. The van der Waals surface area contributed by atoms with E-state index in [0.29, 0.717) is 6.54 Å². The summed E-state index contributed by atoms with van der Waals surface area (Å²) in [6, 6.07) is 5.86. The number of carbonyl (C=O) groups is 1. The lowest BCUT2D eigenvalue weighted by molar-refractivity contribution is 0.0953. The number of hydrogen-bond donors (Lipinski definition) is 3. The van der Waals surface area contributed by atoms with Crippen molar-refractivity contribution in [3.63, 3.8) is 0 Å². The fourth-order valence-electron chi connectivity index (χ4n) is 2.66. The molecule has 3 rings (SSSR count). The Morgan fingerprint density at radius 3 is 3.14 bits per heavy atom. The Morgan fingerprint density at radius 2 is 2.33 bits per heavy atom. The summed E-state index contributed by atoms with van der Waals surface area (Å²) in [5, 5.41) is 13.2. The Bertz CT molecular complexity index is 647. The van der Waals surface area contributed by atoms with Gasteiger partial charge in [0.15, 0.2) is 0 Å². The first-order valence-electron chi connectivity index (χ1n) is 7.38. The van der Waals surface area contributed by atoms with Crippen molar-refractivity contribution < 1.29 is 4.79 Å². The predicted molar refractivity (Wildman–Crippen MR) is 82.6 cm³/mol. The van der Waals surface area contributed by atoms with Crippen molar-refractivity contribution in [1.82, 2.24) is 15.5 Å². The minimum Gasteiger partial charge on any atom is -0.384 e. The van der Waals surface area contributed by atoms with Crippen LogP contribution in [0.5, 0.6) is 0 Å². The van der Waals surface area contributed by atoms with Crippen LogP contribution < -0.4 is 10.6 Å². The maximum absolute atomic E-state index is 12.1. The number of rotatable bonds is 5. The van der Waals surface area contributed by atoms with Crippen LogP contribution in [0.1, 0.15) is 33.6 Å². The molecule has 21 heavy (non-hydrogen) atoms. The van der Waals surface area contributed by atoms with Crippen molar-refractivity contribution in [2.45, 2.75) is 26.2 Å². The quantitative estimate of drug-likeness (QED) is 0.736. The third-order valence-corrected chi connectivity index (χ3v) is 3.92. The Labute approximate surface area is 124 Å². The lowest BCUT2D eigenvalue weighted by atomic mass is 10.1. The molecule has 0 saturated carbocycles. The van der Waals surface area contributed by atoms with E-state index < -0.39 is 0 Å². The average molecular weight is 284 g/mol. The smallest absolute Gasteiger partial charge is 0.251 e. The molecule has 110 valence electrons. The van der Waals surface area contributed by atoms with Crippen LogP contribution in [-0.4, -0.2) is 29.2 Å². The van der Waals surface area contributed by atoms with Gasteiger partial charge in [0.25, 0.3) is 5.91 Å². The van der Waals surface area contributed by atoms with Gasteiger partial charge >= 0.3 is 0 Å². The number of aromatic amines is 1. The third-order valence-electron chi connectivity index (χ3n) is 3.92. The van der Waals surface area contributed by atoms with Gasteiger partial charge in [0.1, 0.15) is 0 Å². The predicted octanol–water partition coefficient (Wildman–Crippen LogP) is 2.05. The van der Waals surface area contributed by atoms with Crippen LogP contribution in [0.2, 0.25) is 0 Å². The van der Waals surface area contributed by atoms with Crippen molar-refractivity contribution in [2.75, 3.05) is 18.4 Å². The van der Waals surface area contributed by atoms with E-state index in [9.17, 15) is 4.79 Å². The zero-order valence-corrected chi connectivity index (χ0v) is 12.2. The molecule has 0 bridgehead atoms. The van der Waals surface area contributed by atoms with Gasteiger partial charge in [-0.05, 0) is 55.5 Å². The van der Waals surface area contributed by atoms with Crippen LogP contribution in [-0.2, 0) is 12.8 Å². The molecule has 1 aliphatic rings. The maximum Gasteiger partial charge on any atom is 0.251 e. The second kappa shape index (κ2) is 5.99. The number of benzene rings is 1. The van der Waals surface area contributed by atoms with Crippen molar-refractivity contribution in [3.05, 3.63) is 46.8 Å². The standard InChI is InChI=1S/C16H20N4O/c1-11-14(10-19-20-11)3-2-7-18-16(21)13-4-5-15-12(9-13)6-8-17-15/h4-5,9-10,17H,2-3,6-8H2,1H3,(H,18,21)(H,19,20). The highest BCUT2D eigenvalue weighted by molar-refractivity contribution is 5.95. The molecule has 0 atom stereocenters. The summed E-state index contributed by atoms with van der Waals surface area (Å²) in [6.07, 6.45) is 4.69. The molecule has 3 N–H and O–H groups in total. The van der Waals surface area contributed by atoms with Crippen LogP contribution in [0.25, 0.3) is 0 Å². The Balaban J connectivity index is 1.49. The van der Waals surface area contributed by atoms with Crippen LogP contribution in [0.4, 0.5) is 5.69 Å². The summed E-state index contributed by atoms with van der Waals surface area (Å²) in [5.74, 6) is 0.00798. The molecule has 0 unspecified atom stereocenters. The molecule has 1 aliphatic heterocycles. The van der Waals surface area contributed by atoms with Gasteiger partial charge in [0.05, 0.1) is 6.20 Å². The molecular formula is C16H20N4O. The number of aryl methyl sites for hydroxylation is 2. The minimum absolute atomic E-state index is 0.00798. The molecule has 5 heteroatoms. The first-order valence-corrected chi connectivity index (χ1v) is 7.38. The molecule has 0 radical (unpaired) electrons. The van der Waals surface area contributed by atoms with Gasteiger partial charge in [-0.2, -0.15) is 5.10 Å². The highest BCUT2D eigenvalue weighted by Crippen LogP contribution is 2.22. The normalized spacial score (nSPS) is 12.8. The van der Waals surface area contributed by atoms with Crippen molar-refractivity contribution >= 4 is 11.6 Å². The SMILES string of the molecule is Cc1[nH]ncc1CCCNC(=O)c1ccc2c(c1)CCN2. The molecule has 0 spiro atoms. The summed E-state index contributed by atoms with van der Waals surface area (Å²) in [4.78, 5) is 12.1. The van der Waals surface area contributed by atoms with Crippen LogP contribution in [0.15, 0.2) is 24.4 Å². The Hall–Kier alpha value is -2.30. The van der Waals surface area contributed by atoms with E-state index in [1.807, 2.05) is 31.3 Å². The van der Waals surface area contributed by atoms with Gasteiger partial charge in [0.2, 0.25) is 0 Å². The molecule has 1 aromatic carbocycles. The monoisotopic (exact) mass is 284 g/mol. The molecule has 2 heterocycles. The lowest BCUT2D eigenvalue weighted by Gasteiger charge is -2.07. The molecular weight excluding hydrogens is 264 g/mol. The number of nitrogens with zero attached hydrogens (tertiary/aromatic N) is 1. The number of carbonyl (C=O) groups excluding carboxylic acids is 1. The summed E-state index contributed by atoms with van der Waals surface area (Å²) in [7, 11) is 0. The molecule has 0 saturated heterocycles. The molecule has 0 aliphatic carbocycles. The first kappa shape index (κ1) is 13.7. The molecule has 2 aromatic rings. The number of hydrogen-bond acceptors (Lipinski definition) is 3. The van der Waals surface area contributed by atoms with E-state index in [1.54, 1.807) is 0 Å². The van der Waals surface area contributed by atoms with Gasteiger partial charge in [0, 0.05) is 30.0 Å². The van der Waals surface area contributed by atoms with Gasteiger partial charge in [-0.15, -0.1) is 0 Å². The topological polar surface area (TPSA) is 69.8 Å². The average Bonchev–Trinajstić information content (AvgIpc) is 3.11. The Morgan fingerprint density at radius 1 is 1.43 bits per heavy atom. The second-order valence-corrected chi connectivity index (χ2v) is 5.43. The first-order chi connectivity index (χ1) is 10.2. The van der Waals surface area contributed by atoms with Crippen LogP contribution >= 0.6 is 0 Å². The maximum atomic E-state index is 12.1. The summed E-state index contributed by atoms with van der Waals surface area (Å²) < 4.78 is 0. The van der Waals surface area contributed by atoms with Crippen molar-refractivity contribution in [1.29, 1.82) is 0 Å². The van der Waals surface area contributed by atoms with E-state index in [2.05, 4.69) is 20.8 Å². The Kier molecular flexibility index (Phi) is 3.90. The van der Waals surface area contributed by atoms with Gasteiger partial charge in [-0.1, -0.05) is 0 Å². The highest BCUT2D eigenvalue weighted by atomic mass is 16.1. The number of H-pyrrole nitrogens is 1. The highest BCUT2D eigenvalue weighted by Gasteiger charge is 2.13. The van der Waals surface area contributed by atoms with Gasteiger partial charge < -0.3 is 10.6 Å². The largest absolute Gasteiger partial charge is 0.384 e. The number of aromatic nitrogens is 2. The zero-order valence-electron chi connectivity index (χ0n) is 12.2. The van der Waals surface area contributed by atoms with E-state index in [4.69, 9.17) is 0 Å². The van der Waals surface area contributed by atoms with Crippen molar-refractivity contribution in [2.24, 2.45) is 0 Å². The van der Waals surface area contributed by atoms with E-state index in [0.717, 1.165) is 42.8 Å². The molecule has 1 amide bonds. The van der Waals surface area contributed by atoms with Crippen LogP contribution in [0.3, 0.4) is 0 Å². The molecule has 0 fully saturated rings. The fraction of sp³-hybridized carbons (Fsp3) is 0.375. The summed E-state index contributed by atoms with van der Waals surface area (Å²) in [6.45, 7) is 3.66. The second-order valence-electron chi connectivity index (χ2n) is 5.43. The number of anilines is 1. The minimum atomic E-state index is 0.00798. The lowest BCUT2D eigenvalue weighted by Crippen LogP contribution is -2.24. The number of amides is 1. The van der Waals surface area contributed by atoms with Gasteiger partial charge in [-0.3, -0.25) is 9.89 Å². The number of fused-ring (bicyclic) bond motifs is 1. The fourth-order valence-corrected chi connectivity index (χ4v) is 2.66. The summed E-state index contributed by atoms with van der Waals surface area (Å²) in [5.41, 5.74) is 5.45. The number of nitrogens with one attached hydrogen (secondary N) is 3. The molecule has 1 aromatic heterocycles. The molecule has 5 nitrogen and oxygen atoms in total. The van der Waals surface area contributed by atoms with Gasteiger partial charge in [-0.25, -0.2) is 0 Å². The zero-order chi connectivity index (χ0) is 14.7.